The van der Waals surface area contributed by atoms with Gasteiger partial charge in [-0.25, -0.2) is 4.98 Å². The highest BCUT2D eigenvalue weighted by Crippen LogP contribution is 2.43. The van der Waals surface area contributed by atoms with Gasteiger partial charge in [-0.1, -0.05) is 31.0 Å². The van der Waals surface area contributed by atoms with Crippen LogP contribution in [0.5, 0.6) is 5.75 Å². The van der Waals surface area contributed by atoms with Crippen molar-refractivity contribution in [2.45, 2.75) is 50.2 Å². The molecule has 3 atom stereocenters. The van der Waals surface area contributed by atoms with Crippen molar-refractivity contribution in [1.29, 1.82) is 0 Å². The van der Waals surface area contributed by atoms with Gasteiger partial charge < -0.3 is 20.3 Å². The Morgan fingerprint density at radius 1 is 1.29 bits per heavy atom. The quantitative estimate of drug-likeness (QED) is 0.767. The molecule has 3 heterocycles. The van der Waals surface area contributed by atoms with Crippen LogP contribution in [0, 0.1) is 0 Å². The predicted octanol–water partition coefficient (Wildman–Crippen LogP) is 2.56. The molecular weight excluding hydrogens is 412 g/mol. The van der Waals surface area contributed by atoms with Crippen LogP contribution in [0.2, 0.25) is 0 Å². The number of methoxy groups -OCH3 is 1. The predicted molar refractivity (Wildman–Crippen MR) is 118 cm³/mol. The van der Waals surface area contributed by atoms with Gasteiger partial charge in [0.1, 0.15) is 10.8 Å². The molecule has 2 N–H and O–H groups in total. The van der Waals surface area contributed by atoms with Gasteiger partial charge in [0, 0.05) is 28.9 Å². The minimum absolute atomic E-state index is 0.00185. The van der Waals surface area contributed by atoms with Crippen LogP contribution >= 0.6 is 11.3 Å². The van der Waals surface area contributed by atoms with E-state index < -0.39 is 6.04 Å². The Morgan fingerprint density at radius 2 is 2.13 bits per heavy atom. The number of para-hydroxylation sites is 1. The molecule has 1 saturated carbocycles. The lowest BCUT2D eigenvalue weighted by molar-refractivity contribution is -0.136. The summed E-state index contributed by atoms with van der Waals surface area (Å²) in [5, 5.41) is 9.28. The number of aromatic nitrogens is 1. The molecule has 162 valence electrons. The minimum atomic E-state index is -0.498. The Hall–Kier alpha value is -2.87. The molecule has 0 radical (unpaired) electrons. The maximum absolute atomic E-state index is 13.8. The first-order valence-electron chi connectivity index (χ1n) is 10.8. The van der Waals surface area contributed by atoms with Crippen LogP contribution in [0.3, 0.4) is 0 Å². The molecule has 2 aliphatic heterocycles. The Balaban J connectivity index is 1.66. The smallest absolute Gasteiger partial charge is 0.251 e. The van der Waals surface area contributed by atoms with Gasteiger partial charge in [-0.3, -0.25) is 9.59 Å². The third kappa shape index (κ3) is 3.59. The lowest BCUT2D eigenvalue weighted by atomic mass is 9.87. The molecule has 1 aromatic heterocycles. The molecule has 2 aromatic rings. The first kappa shape index (κ1) is 20.1. The number of fused-ring (bicyclic) bond motifs is 1. The molecular formula is C23H26N4O3S. The molecule has 1 fully saturated rings. The fourth-order valence-electron chi connectivity index (χ4n) is 5.17. The van der Waals surface area contributed by atoms with E-state index in [9.17, 15) is 9.59 Å². The van der Waals surface area contributed by atoms with Gasteiger partial charge in [-0.15, -0.1) is 11.3 Å². The fourth-order valence-corrected chi connectivity index (χ4v) is 5.78. The molecule has 31 heavy (non-hydrogen) atoms. The highest BCUT2D eigenvalue weighted by atomic mass is 32.1. The Labute approximate surface area is 185 Å². The zero-order valence-corrected chi connectivity index (χ0v) is 18.3. The highest BCUT2D eigenvalue weighted by molar-refractivity contribution is 7.09. The monoisotopic (exact) mass is 438 g/mol. The number of hydrogen-bond acceptors (Lipinski definition) is 6. The SMILES string of the molecule is COc1ccccc1[C@@H]1C2=C(CNC2=O)N[C@@H]2CCCC[C@H]2N1C(=O)Cc1nccs1. The summed E-state index contributed by atoms with van der Waals surface area (Å²) < 4.78 is 5.67. The number of nitrogens with one attached hydrogen (secondary N) is 2. The summed E-state index contributed by atoms with van der Waals surface area (Å²) in [6.07, 6.45) is 6.04. The molecule has 0 bridgehead atoms. The molecule has 7 nitrogen and oxygen atoms in total. The summed E-state index contributed by atoms with van der Waals surface area (Å²) in [6, 6.07) is 7.34. The van der Waals surface area contributed by atoms with Crippen molar-refractivity contribution in [2.24, 2.45) is 0 Å². The lowest BCUT2D eigenvalue weighted by Crippen LogP contribution is -2.54. The van der Waals surface area contributed by atoms with E-state index in [2.05, 4.69) is 15.6 Å². The number of amides is 2. The molecule has 0 spiro atoms. The van der Waals surface area contributed by atoms with Crippen molar-refractivity contribution < 1.29 is 14.3 Å². The van der Waals surface area contributed by atoms with Gasteiger partial charge in [0.2, 0.25) is 5.91 Å². The number of carbonyl (C=O) groups excluding carboxylic acids is 2. The largest absolute Gasteiger partial charge is 0.496 e. The third-order valence-electron chi connectivity index (χ3n) is 6.50. The number of rotatable bonds is 4. The van der Waals surface area contributed by atoms with Crippen molar-refractivity contribution >= 4 is 23.2 Å². The third-order valence-corrected chi connectivity index (χ3v) is 7.28. The van der Waals surface area contributed by atoms with Crippen LogP contribution in [0.25, 0.3) is 0 Å². The van der Waals surface area contributed by atoms with E-state index in [1.807, 2.05) is 34.5 Å². The van der Waals surface area contributed by atoms with Crippen molar-refractivity contribution in [3.8, 4) is 5.75 Å². The second kappa shape index (κ2) is 8.34. The van der Waals surface area contributed by atoms with E-state index in [0.717, 1.165) is 42.0 Å². The second-order valence-electron chi connectivity index (χ2n) is 8.23. The number of hydrogen-bond donors (Lipinski definition) is 2. The number of benzene rings is 1. The first-order chi connectivity index (χ1) is 15.2. The van der Waals surface area contributed by atoms with E-state index in [-0.39, 0.29) is 30.3 Å². The van der Waals surface area contributed by atoms with E-state index in [1.54, 1.807) is 13.3 Å². The topological polar surface area (TPSA) is 83.6 Å². The zero-order chi connectivity index (χ0) is 21.4. The van der Waals surface area contributed by atoms with Crippen LogP contribution < -0.4 is 15.4 Å². The van der Waals surface area contributed by atoms with Crippen LogP contribution in [0.15, 0.2) is 47.1 Å². The molecule has 2 amide bonds. The van der Waals surface area contributed by atoms with E-state index in [1.165, 1.54) is 11.3 Å². The zero-order valence-electron chi connectivity index (χ0n) is 17.5. The van der Waals surface area contributed by atoms with Crippen molar-refractivity contribution in [3.05, 3.63) is 57.7 Å². The van der Waals surface area contributed by atoms with E-state index >= 15 is 0 Å². The second-order valence-corrected chi connectivity index (χ2v) is 9.20. The van der Waals surface area contributed by atoms with Gasteiger partial charge in [-0.05, 0) is 18.9 Å². The van der Waals surface area contributed by atoms with E-state index in [0.29, 0.717) is 17.9 Å². The van der Waals surface area contributed by atoms with E-state index in [4.69, 9.17) is 4.74 Å². The first-order valence-corrected chi connectivity index (χ1v) is 11.7. The number of nitrogens with zero attached hydrogens (tertiary/aromatic N) is 2. The average molecular weight is 439 g/mol. The summed E-state index contributed by atoms with van der Waals surface area (Å²) in [6.45, 7) is 0.470. The summed E-state index contributed by atoms with van der Waals surface area (Å²) in [7, 11) is 1.63. The molecule has 5 rings (SSSR count). The Bertz CT molecular complexity index is 1020. The Kier molecular flexibility index (Phi) is 5.40. The number of ether oxygens (including phenoxy) is 1. The van der Waals surface area contributed by atoms with Gasteiger partial charge in [0.15, 0.2) is 0 Å². The number of thiazole rings is 1. The minimum Gasteiger partial charge on any atom is -0.496 e. The van der Waals surface area contributed by atoms with Gasteiger partial charge in [0.05, 0.1) is 37.7 Å². The summed E-state index contributed by atoms with van der Waals surface area (Å²) in [5.74, 6) is 0.558. The lowest BCUT2D eigenvalue weighted by Gasteiger charge is -2.43. The van der Waals surface area contributed by atoms with Crippen LogP contribution in [-0.2, 0) is 16.0 Å². The standard InChI is InChI=1S/C23H26N4O3S/c1-30-18-9-5-2-6-14(18)22-21-16(13-25-23(21)29)26-15-7-3-4-8-17(15)27(22)20(28)12-19-24-10-11-31-19/h2,5-6,9-11,15,17,22,26H,3-4,7-8,12-13H2,1H3,(H,25,29)/t15-,17-,22-/m1/s1. The summed E-state index contributed by atoms with van der Waals surface area (Å²) in [5.41, 5.74) is 2.38. The molecule has 0 saturated heterocycles. The normalized spacial score (nSPS) is 25.3. The van der Waals surface area contributed by atoms with Crippen molar-refractivity contribution in [1.82, 2.24) is 20.5 Å². The maximum atomic E-state index is 13.8. The molecule has 1 aliphatic carbocycles. The molecule has 8 heteroatoms. The van der Waals surface area contributed by atoms with Crippen LogP contribution in [0.1, 0.15) is 42.3 Å². The molecule has 0 unspecified atom stereocenters. The highest BCUT2D eigenvalue weighted by Gasteiger charge is 2.46. The average Bonchev–Trinajstić information content (AvgIpc) is 3.39. The summed E-state index contributed by atoms with van der Waals surface area (Å²) in [4.78, 5) is 33.2. The van der Waals surface area contributed by atoms with Gasteiger partial charge in [0.25, 0.3) is 5.91 Å². The fraction of sp³-hybridized carbons (Fsp3) is 0.435. The van der Waals surface area contributed by atoms with Crippen molar-refractivity contribution in [3.63, 3.8) is 0 Å². The van der Waals surface area contributed by atoms with Gasteiger partial charge in [-0.2, -0.15) is 0 Å². The molecule has 3 aliphatic rings. The number of carbonyl (C=O) groups is 2. The van der Waals surface area contributed by atoms with Crippen LogP contribution in [0.4, 0.5) is 0 Å². The maximum Gasteiger partial charge on any atom is 0.251 e. The Morgan fingerprint density at radius 3 is 2.94 bits per heavy atom. The summed E-state index contributed by atoms with van der Waals surface area (Å²) >= 11 is 1.48. The van der Waals surface area contributed by atoms with Crippen LogP contribution in [-0.4, -0.2) is 47.4 Å². The molecule has 1 aromatic carbocycles. The van der Waals surface area contributed by atoms with Gasteiger partial charge >= 0.3 is 0 Å². The van der Waals surface area contributed by atoms with Crippen molar-refractivity contribution in [2.75, 3.05) is 13.7 Å².